The van der Waals surface area contributed by atoms with Crippen molar-refractivity contribution in [2.24, 2.45) is 0 Å². The largest absolute Gasteiger partial charge is 0.505 e. The molecule has 0 bridgehead atoms. The van der Waals surface area contributed by atoms with Gasteiger partial charge in [0.2, 0.25) is 0 Å². The molecule has 0 amide bonds. The highest BCUT2D eigenvalue weighted by Crippen LogP contribution is 2.24. The topological polar surface area (TPSA) is 0 Å². The lowest BCUT2D eigenvalue weighted by Crippen LogP contribution is -2.20. The molecule has 0 aromatic carbocycles. The molecule has 0 saturated heterocycles. The van der Waals surface area contributed by atoms with Crippen LogP contribution in [-0.4, -0.2) is 18.0 Å². The molecule has 0 saturated carbocycles. The standard InChI is InChI=1S/C7H13BF3S/c1-4-7(3)12-5-6(2)8(9,10)11/h7H,2,4-5H2,1,3H3/q-1. The summed E-state index contributed by atoms with van der Waals surface area (Å²) in [5.41, 5.74) is -0.583. The van der Waals surface area contributed by atoms with Crippen molar-refractivity contribution in [2.45, 2.75) is 25.5 Å². The maximum Gasteiger partial charge on any atom is 0.505 e. The first-order chi connectivity index (χ1) is 5.38. The Labute approximate surface area is 75.7 Å². The smallest absolute Gasteiger partial charge is 0.445 e. The van der Waals surface area contributed by atoms with Gasteiger partial charge in [0.25, 0.3) is 0 Å². The molecule has 0 heterocycles. The van der Waals surface area contributed by atoms with Gasteiger partial charge < -0.3 is 12.9 Å². The molecule has 5 heteroatoms. The van der Waals surface area contributed by atoms with Crippen molar-refractivity contribution in [1.82, 2.24) is 0 Å². The van der Waals surface area contributed by atoms with Crippen molar-refractivity contribution in [2.75, 3.05) is 5.75 Å². The lowest BCUT2D eigenvalue weighted by molar-refractivity contribution is 0.491. The third kappa shape index (κ3) is 4.75. The lowest BCUT2D eigenvalue weighted by atomic mass is 9.82. The molecular weight excluding hydrogens is 184 g/mol. The summed E-state index contributed by atoms with van der Waals surface area (Å²) in [5.74, 6) is 0.0124. The number of thioether (sulfide) groups is 1. The van der Waals surface area contributed by atoms with Crippen molar-refractivity contribution in [3.63, 3.8) is 0 Å². The van der Waals surface area contributed by atoms with Crippen LogP contribution in [0.5, 0.6) is 0 Å². The molecular formula is C7H13BF3S-. The van der Waals surface area contributed by atoms with Crippen molar-refractivity contribution >= 4 is 18.7 Å². The second kappa shape index (κ2) is 4.85. The van der Waals surface area contributed by atoms with Crippen LogP contribution in [0.3, 0.4) is 0 Å². The molecule has 1 atom stereocenters. The predicted molar refractivity (Wildman–Crippen MR) is 50.4 cm³/mol. The highest BCUT2D eigenvalue weighted by Gasteiger charge is 2.26. The Balaban J connectivity index is 3.73. The molecule has 0 aromatic heterocycles. The maximum atomic E-state index is 12.0. The highest BCUT2D eigenvalue weighted by atomic mass is 32.2. The van der Waals surface area contributed by atoms with E-state index < -0.39 is 12.4 Å². The first kappa shape index (κ1) is 11.9. The molecule has 0 aliphatic rings. The summed E-state index contributed by atoms with van der Waals surface area (Å²) in [4.78, 5) is 0. The summed E-state index contributed by atoms with van der Waals surface area (Å²) in [6, 6.07) is 0. The van der Waals surface area contributed by atoms with Crippen LogP contribution in [0.15, 0.2) is 12.1 Å². The van der Waals surface area contributed by atoms with Gasteiger partial charge in [-0.25, -0.2) is 0 Å². The Morgan fingerprint density at radius 3 is 2.33 bits per heavy atom. The summed E-state index contributed by atoms with van der Waals surface area (Å²) in [6.07, 6.45) is 0.892. The predicted octanol–water partition coefficient (Wildman–Crippen LogP) is 3.46. The molecule has 1 unspecified atom stereocenters. The van der Waals surface area contributed by atoms with Crippen LogP contribution >= 0.6 is 11.8 Å². The second-order valence-corrected chi connectivity index (χ2v) is 4.19. The summed E-state index contributed by atoms with van der Waals surface area (Å²) in [5, 5.41) is 0.278. The van der Waals surface area contributed by atoms with Crippen LogP contribution in [0, 0.1) is 0 Å². The number of halogens is 3. The average Bonchev–Trinajstić information content (AvgIpc) is 1.97. The van der Waals surface area contributed by atoms with Gasteiger partial charge in [-0.1, -0.05) is 13.8 Å². The molecule has 0 nitrogen and oxygen atoms in total. The van der Waals surface area contributed by atoms with Gasteiger partial charge in [-0.2, -0.15) is 11.8 Å². The zero-order valence-corrected chi connectivity index (χ0v) is 8.13. The lowest BCUT2D eigenvalue weighted by Gasteiger charge is -2.18. The zero-order chi connectivity index (χ0) is 9.78. The van der Waals surface area contributed by atoms with Gasteiger partial charge in [0.1, 0.15) is 0 Å². The summed E-state index contributed by atoms with van der Waals surface area (Å²) in [6.45, 7) is 2.07. The quantitative estimate of drug-likeness (QED) is 0.608. The molecule has 0 N–H and O–H groups in total. The Morgan fingerprint density at radius 2 is 2.00 bits per heavy atom. The maximum absolute atomic E-state index is 12.0. The minimum Gasteiger partial charge on any atom is -0.445 e. The van der Waals surface area contributed by atoms with E-state index in [9.17, 15) is 12.9 Å². The number of hydrogen-bond acceptors (Lipinski definition) is 1. The minimum absolute atomic E-state index is 0.0124. The van der Waals surface area contributed by atoms with Gasteiger partial charge in [-0.05, 0) is 12.2 Å². The molecule has 0 fully saturated rings. The van der Waals surface area contributed by atoms with Crippen LogP contribution in [-0.2, 0) is 0 Å². The van der Waals surface area contributed by atoms with Gasteiger partial charge in [0.15, 0.2) is 0 Å². The SMILES string of the molecule is C=C(CSC(C)CC)[B-](F)(F)F. The van der Waals surface area contributed by atoms with Crippen LogP contribution in [0.25, 0.3) is 0 Å². The molecule has 0 rings (SSSR count). The van der Waals surface area contributed by atoms with Crippen molar-refractivity contribution in [3.05, 3.63) is 12.1 Å². The normalized spacial score (nSPS) is 14.4. The minimum atomic E-state index is -4.82. The Kier molecular flexibility index (Phi) is 4.82. The molecule has 0 aromatic rings. The second-order valence-electron chi connectivity index (χ2n) is 2.76. The van der Waals surface area contributed by atoms with E-state index in [1.54, 1.807) is 0 Å². The molecule has 72 valence electrons. The fourth-order valence-corrected chi connectivity index (χ4v) is 1.38. The third-order valence-electron chi connectivity index (χ3n) is 1.59. The first-order valence-electron chi connectivity index (χ1n) is 3.87. The fourth-order valence-electron chi connectivity index (χ4n) is 0.462. The van der Waals surface area contributed by atoms with Crippen LogP contribution in [0.1, 0.15) is 20.3 Å². The monoisotopic (exact) mass is 197 g/mol. The van der Waals surface area contributed by atoms with Gasteiger partial charge >= 0.3 is 6.98 Å². The van der Waals surface area contributed by atoms with E-state index in [1.165, 1.54) is 11.8 Å². The molecule has 0 aliphatic carbocycles. The molecule has 0 radical (unpaired) electrons. The Hall–Kier alpha value is -0.0551. The van der Waals surface area contributed by atoms with Crippen LogP contribution in [0.4, 0.5) is 12.9 Å². The van der Waals surface area contributed by atoms with Crippen LogP contribution < -0.4 is 0 Å². The Morgan fingerprint density at radius 1 is 1.50 bits per heavy atom. The van der Waals surface area contributed by atoms with E-state index in [2.05, 4.69) is 6.58 Å². The molecule has 0 spiro atoms. The van der Waals surface area contributed by atoms with E-state index in [0.29, 0.717) is 0 Å². The number of rotatable bonds is 5. The summed E-state index contributed by atoms with van der Waals surface area (Å²) in [7, 11) is 0. The zero-order valence-electron chi connectivity index (χ0n) is 7.32. The average molecular weight is 197 g/mol. The molecule has 12 heavy (non-hydrogen) atoms. The van der Waals surface area contributed by atoms with E-state index in [4.69, 9.17) is 0 Å². The highest BCUT2D eigenvalue weighted by molar-refractivity contribution is 8.00. The first-order valence-corrected chi connectivity index (χ1v) is 4.92. The van der Waals surface area contributed by atoms with Crippen molar-refractivity contribution < 1.29 is 12.9 Å². The third-order valence-corrected chi connectivity index (χ3v) is 3.03. The van der Waals surface area contributed by atoms with Gasteiger partial charge in [-0.15, -0.1) is 12.1 Å². The summed E-state index contributed by atoms with van der Waals surface area (Å²) < 4.78 is 35.9. The van der Waals surface area contributed by atoms with Gasteiger partial charge in [0, 0.05) is 5.25 Å². The van der Waals surface area contributed by atoms with E-state index in [1.807, 2.05) is 13.8 Å². The number of hydrogen-bond donors (Lipinski definition) is 0. The van der Waals surface area contributed by atoms with E-state index in [-0.39, 0.29) is 11.0 Å². The van der Waals surface area contributed by atoms with Gasteiger partial charge in [0.05, 0.1) is 0 Å². The van der Waals surface area contributed by atoms with Crippen molar-refractivity contribution in [1.29, 1.82) is 0 Å². The Bertz CT molecular complexity index is 155. The molecule has 0 aliphatic heterocycles. The van der Waals surface area contributed by atoms with Crippen molar-refractivity contribution in [3.8, 4) is 0 Å². The van der Waals surface area contributed by atoms with Crippen LogP contribution in [0.2, 0.25) is 0 Å². The summed E-state index contributed by atoms with van der Waals surface area (Å²) >= 11 is 1.31. The van der Waals surface area contributed by atoms with E-state index in [0.717, 1.165) is 6.42 Å². The van der Waals surface area contributed by atoms with E-state index >= 15 is 0 Å². The fraction of sp³-hybridized carbons (Fsp3) is 0.714. The van der Waals surface area contributed by atoms with Gasteiger partial charge in [-0.3, -0.25) is 0 Å².